The van der Waals surface area contributed by atoms with Crippen molar-refractivity contribution in [2.24, 2.45) is 5.73 Å². The van der Waals surface area contributed by atoms with Crippen LogP contribution in [0, 0.1) is 0 Å². The molecule has 22 heavy (non-hydrogen) atoms. The third-order valence-corrected chi connectivity index (χ3v) is 3.83. The largest absolute Gasteiger partial charge is 0.416 e. The number of hydrogen-bond acceptors (Lipinski definition) is 3. The number of benzene rings is 1. The first kappa shape index (κ1) is 16.8. The van der Waals surface area contributed by atoms with Crippen LogP contribution in [0.1, 0.15) is 24.0 Å². The van der Waals surface area contributed by atoms with Gasteiger partial charge < -0.3 is 15.4 Å². The molecule has 1 aliphatic rings. The Morgan fingerprint density at radius 3 is 2.59 bits per heavy atom. The van der Waals surface area contributed by atoms with Crippen LogP contribution in [-0.4, -0.2) is 36.6 Å². The Labute approximate surface area is 127 Å². The summed E-state index contributed by atoms with van der Waals surface area (Å²) < 4.78 is 43.3. The number of likely N-dealkylation sites (N-methyl/N-ethyl adjacent to an activating group) is 1. The topological polar surface area (TPSA) is 55.6 Å². The Hall–Kier alpha value is -1.60. The van der Waals surface area contributed by atoms with Crippen molar-refractivity contribution in [2.75, 3.05) is 20.3 Å². The van der Waals surface area contributed by atoms with Gasteiger partial charge in [0, 0.05) is 26.8 Å². The molecule has 0 bridgehead atoms. The first-order chi connectivity index (χ1) is 10.2. The minimum absolute atomic E-state index is 0.0859. The lowest BCUT2D eigenvalue weighted by molar-refractivity contribution is -0.139. The highest BCUT2D eigenvalue weighted by atomic mass is 19.4. The molecule has 0 aromatic heterocycles. The van der Waals surface area contributed by atoms with E-state index in [4.69, 9.17) is 10.5 Å². The zero-order valence-corrected chi connectivity index (χ0v) is 12.3. The van der Waals surface area contributed by atoms with Crippen molar-refractivity contribution in [1.82, 2.24) is 4.90 Å². The van der Waals surface area contributed by atoms with Gasteiger partial charge in [0.25, 0.3) is 0 Å². The maximum absolute atomic E-state index is 12.7. The summed E-state index contributed by atoms with van der Waals surface area (Å²) in [6.07, 6.45) is -3.56. The standard InChI is InChI=1S/C15H19F3N2O2/c1-20(13(21)14(19)5-7-22-8-6-14)10-11-3-2-4-12(9-11)15(16,17)18/h2-4,9H,5-8,10,19H2,1H3. The van der Waals surface area contributed by atoms with Gasteiger partial charge in [0.1, 0.15) is 0 Å². The van der Waals surface area contributed by atoms with E-state index in [9.17, 15) is 18.0 Å². The number of nitrogens with two attached hydrogens (primary N) is 1. The lowest BCUT2D eigenvalue weighted by Crippen LogP contribution is -2.57. The highest BCUT2D eigenvalue weighted by Gasteiger charge is 2.38. The first-order valence-electron chi connectivity index (χ1n) is 7.01. The normalized spacial score (nSPS) is 18.0. The molecule has 1 amide bonds. The van der Waals surface area contributed by atoms with Crippen LogP contribution in [0.4, 0.5) is 13.2 Å². The van der Waals surface area contributed by atoms with Crippen LogP contribution >= 0.6 is 0 Å². The van der Waals surface area contributed by atoms with Gasteiger partial charge in [-0.25, -0.2) is 0 Å². The summed E-state index contributed by atoms with van der Waals surface area (Å²) in [5.74, 6) is -0.270. The summed E-state index contributed by atoms with van der Waals surface area (Å²) in [5.41, 5.74) is 4.81. The molecule has 0 unspecified atom stereocenters. The summed E-state index contributed by atoms with van der Waals surface area (Å²) in [4.78, 5) is 13.8. The molecule has 0 atom stereocenters. The van der Waals surface area contributed by atoms with Crippen molar-refractivity contribution in [1.29, 1.82) is 0 Å². The number of hydrogen-bond donors (Lipinski definition) is 1. The molecular formula is C15H19F3N2O2. The molecule has 0 saturated carbocycles. The predicted molar refractivity (Wildman–Crippen MR) is 74.9 cm³/mol. The molecule has 7 heteroatoms. The maximum atomic E-state index is 12.7. The van der Waals surface area contributed by atoms with E-state index in [2.05, 4.69) is 0 Å². The quantitative estimate of drug-likeness (QED) is 0.930. The number of ether oxygens (including phenoxy) is 1. The van der Waals surface area contributed by atoms with Crippen LogP contribution in [0.3, 0.4) is 0 Å². The van der Waals surface area contributed by atoms with E-state index >= 15 is 0 Å². The summed E-state index contributed by atoms with van der Waals surface area (Å²) in [6, 6.07) is 4.96. The van der Waals surface area contributed by atoms with Crippen LogP contribution in [0.25, 0.3) is 0 Å². The predicted octanol–water partition coefficient (Wildman–Crippen LogP) is 2.17. The molecule has 1 fully saturated rings. The fraction of sp³-hybridized carbons (Fsp3) is 0.533. The summed E-state index contributed by atoms with van der Waals surface area (Å²) >= 11 is 0. The van der Waals surface area contributed by atoms with Gasteiger partial charge in [0.2, 0.25) is 5.91 Å². The van der Waals surface area contributed by atoms with Gasteiger partial charge in [-0.15, -0.1) is 0 Å². The lowest BCUT2D eigenvalue weighted by Gasteiger charge is -2.35. The zero-order chi connectivity index (χ0) is 16.4. The monoisotopic (exact) mass is 316 g/mol. The third-order valence-electron chi connectivity index (χ3n) is 3.83. The number of nitrogens with zero attached hydrogens (tertiary/aromatic N) is 1. The van der Waals surface area contributed by atoms with Gasteiger partial charge in [-0.05, 0) is 30.5 Å². The number of alkyl halides is 3. The SMILES string of the molecule is CN(Cc1cccc(C(F)(F)F)c1)C(=O)C1(N)CCOCC1. The molecule has 2 rings (SSSR count). The van der Waals surface area contributed by atoms with Crippen LogP contribution < -0.4 is 5.73 Å². The smallest absolute Gasteiger partial charge is 0.381 e. The second-order valence-corrected chi connectivity index (χ2v) is 5.63. The summed E-state index contributed by atoms with van der Waals surface area (Å²) in [6.45, 7) is 0.918. The molecule has 1 aromatic rings. The van der Waals surface area contributed by atoms with Gasteiger partial charge >= 0.3 is 6.18 Å². The van der Waals surface area contributed by atoms with E-state index in [1.807, 2.05) is 0 Å². The van der Waals surface area contributed by atoms with E-state index in [-0.39, 0.29) is 12.5 Å². The van der Waals surface area contributed by atoms with Crippen molar-refractivity contribution in [3.05, 3.63) is 35.4 Å². The average Bonchev–Trinajstić information content (AvgIpc) is 2.46. The van der Waals surface area contributed by atoms with Crippen molar-refractivity contribution in [3.8, 4) is 0 Å². The van der Waals surface area contributed by atoms with Crippen molar-refractivity contribution in [3.63, 3.8) is 0 Å². The van der Waals surface area contributed by atoms with Crippen LogP contribution in [0.15, 0.2) is 24.3 Å². The minimum Gasteiger partial charge on any atom is -0.381 e. The Kier molecular flexibility index (Phi) is 4.77. The Morgan fingerprint density at radius 1 is 1.36 bits per heavy atom. The van der Waals surface area contributed by atoms with Crippen molar-refractivity contribution in [2.45, 2.75) is 31.1 Å². The highest BCUT2D eigenvalue weighted by molar-refractivity contribution is 5.86. The van der Waals surface area contributed by atoms with E-state index in [0.29, 0.717) is 31.6 Å². The number of amides is 1. The first-order valence-corrected chi connectivity index (χ1v) is 7.01. The number of carbonyl (C=O) groups is 1. The maximum Gasteiger partial charge on any atom is 0.416 e. The molecule has 0 aliphatic carbocycles. The molecule has 1 aliphatic heterocycles. The number of carbonyl (C=O) groups excluding carboxylic acids is 1. The molecule has 1 aromatic carbocycles. The van der Waals surface area contributed by atoms with Crippen LogP contribution in [0.2, 0.25) is 0 Å². The average molecular weight is 316 g/mol. The molecular weight excluding hydrogens is 297 g/mol. The van der Waals surface area contributed by atoms with Gasteiger partial charge in [-0.1, -0.05) is 12.1 Å². The summed E-state index contributed by atoms with van der Waals surface area (Å²) in [7, 11) is 1.55. The molecule has 1 saturated heterocycles. The second kappa shape index (κ2) is 6.26. The molecule has 4 nitrogen and oxygen atoms in total. The van der Waals surface area contributed by atoms with Gasteiger partial charge in [-0.3, -0.25) is 4.79 Å². The van der Waals surface area contributed by atoms with E-state index in [1.54, 1.807) is 13.1 Å². The van der Waals surface area contributed by atoms with Gasteiger partial charge in [-0.2, -0.15) is 13.2 Å². The fourth-order valence-corrected chi connectivity index (χ4v) is 2.52. The van der Waals surface area contributed by atoms with Gasteiger partial charge in [0.05, 0.1) is 11.1 Å². The number of rotatable bonds is 3. The summed E-state index contributed by atoms with van der Waals surface area (Å²) in [5, 5.41) is 0. The van der Waals surface area contributed by atoms with Crippen LogP contribution in [-0.2, 0) is 22.3 Å². The molecule has 2 N–H and O–H groups in total. The van der Waals surface area contributed by atoms with Crippen molar-refractivity contribution >= 4 is 5.91 Å². The van der Waals surface area contributed by atoms with E-state index < -0.39 is 17.3 Å². The lowest BCUT2D eigenvalue weighted by atomic mass is 9.89. The Balaban J connectivity index is 2.08. The van der Waals surface area contributed by atoms with Crippen LogP contribution in [0.5, 0.6) is 0 Å². The molecule has 0 radical (unpaired) electrons. The molecule has 0 spiro atoms. The molecule has 1 heterocycles. The highest BCUT2D eigenvalue weighted by Crippen LogP contribution is 2.30. The Bertz CT molecular complexity index is 540. The van der Waals surface area contributed by atoms with E-state index in [0.717, 1.165) is 12.1 Å². The van der Waals surface area contributed by atoms with Gasteiger partial charge in [0.15, 0.2) is 0 Å². The minimum atomic E-state index is -4.39. The Morgan fingerprint density at radius 2 is 2.00 bits per heavy atom. The second-order valence-electron chi connectivity index (χ2n) is 5.63. The fourth-order valence-electron chi connectivity index (χ4n) is 2.52. The third kappa shape index (κ3) is 3.78. The van der Waals surface area contributed by atoms with Crippen molar-refractivity contribution < 1.29 is 22.7 Å². The zero-order valence-electron chi connectivity index (χ0n) is 12.3. The molecule has 122 valence electrons. The van der Waals surface area contributed by atoms with E-state index in [1.165, 1.54) is 11.0 Å². The number of halogens is 3.